The van der Waals surface area contributed by atoms with E-state index in [1.807, 2.05) is 0 Å². The first-order valence-corrected chi connectivity index (χ1v) is 12.0. The number of benzene rings is 2. The number of alkyl halides is 3. The molecule has 0 radical (unpaired) electrons. The third-order valence-electron chi connectivity index (χ3n) is 4.41. The van der Waals surface area contributed by atoms with Gasteiger partial charge in [0.15, 0.2) is 5.16 Å². The molecule has 32 heavy (non-hydrogen) atoms. The fourth-order valence-corrected chi connectivity index (χ4v) is 4.55. The van der Waals surface area contributed by atoms with Gasteiger partial charge in [0.05, 0.1) is 23.4 Å². The van der Waals surface area contributed by atoms with Crippen molar-refractivity contribution in [2.24, 2.45) is 0 Å². The predicted octanol–water partition coefficient (Wildman–Crippen LogP) is 4.53. The molecule has 3 rings (SSSR count). The zero-order valence-electron chi connectivity index (χ0n) is 17.4. The maximum absolute atomic E-state index is 13.1. The SMILES string of the molecule is CN(C)S(=O)(=O)c1ccc(OCCSc2ncc(-c3ccccc3)n2CC(F)(F)F)cc1. The van der Waals surface area contributed by atoms with Crippen LogP contribution in [-0.4, -0.2) is 54.9 Å². The number of rotatable bonds is 9. The summed E-state index contributed by atoms with van der Waals surface area (Å²) in [5.41, 5.74) is 1.05. The van der Waals surface area contributed by atoms with Gasteiger partial charge in [0.2, 0.25) is 10.0 Å². The molecule has 1 aromatic heterocycles. The molecule has 0 aliphatic rings. The van der Waals surface area contributed by atoms with E-state index < -0.39 is 22.7 Å². The number of sulfonamides is 1. The molecule has 0 bridgehead atoms. The summed E-state index contributed by atoms with van der Waals surface area (Å²) in [5, 5.41) is 0.247. The molecule has 0 aliphatic heterocycles. The van der Waals surface area contributed by atoms with Gasteiger partial charge < -0.3 is 9.30 Å². The zero-order valence-corrected chi connectivity index (χ0v) is 19.0. The van der Waals surface area contributed by atoms with Crippen LogP contribution >= 0.6 is 11.8 Å². The lowest BCUT2D eigenvalue weighted by atomic mass is 10.2. The minimum atomic E-state index is -4.38. The van der Waals surface area contributed by atoms with Crippen LogP contribution in [0.2, 0.25) is 0 Å². The molecular formula is C21H22F3N3O3S2. The van der Waals surface area contributed by atoms with Crippen molar-refractivity contribution < 1.29 is 26.3 Å². The van der Waals surface area contributed by atoms with Crippen molar-refractivity contribution in [1.82, 2.24) is 13.9 Å². The lowest BCUT2D eigenvalue weighted by Crippen LogP contribution is -2.22. The van der Waals surface area contributed by atoms with Crippen molar-refractivity contribution in [1.29, 1.82) is 0 Å². The van der Waals surface area contributed by atoms with Crippen LogP contribution in [0.4, 0.5) is 13.2 Å². The van der Waals surface area contributed by atoms with E-state index in [2.05, 4.69) is 4.98 Å². The lowest BCUT2D eigenvalue weighted by molar-refractivity contribution is -0.141. The molecule has 0 N–H and O–H groups in total. The van der Waals surface area contributed by atoms with Gasteiger partial charge in [-0.25, -0.2) is 17.7 Å². The normalized spacial score (nSPS) is 12.3. The number of imidazole rings is 1. The van der Waals surface area contributed by atoms with Gasteiger partial charge in [-0.1, -0.05) is 42.1 Å². The maximum Gasteiger partial charge on any atom is 0.406 e. The highest BCUT2D eigenvalue weighted by Crippen LogP contribution is 2.30. The summed E-state index contributed by atoms with van der Waals surface area (Å²) in [4.78, 5) is 4.32. The zero-order chi connectivity index (χ0) is 23.4. The van der Waals surface area contributed by atoms with Crippen LogP contribution in [0.1, 0.15) is 0 Å². The van der Waals surface area contributed by atoms with E-state index in [-0.39, 0.29) is 16.7 Å². The Morgan fingerprint density at radius 1 is 1.06 bits per heavy atom. The topological polar surface area (TPSA) is 64.4 Å². The number of hydrogen-bond acceptors (Lipinski definition) is 5. The van der Waals surface area contributed by atoms with E-state index in [4.69, 9.17) is 4.74 Å². The monoisotopic (exact) mass is 485 g/mol. The van der Waals surface area contributed by atoms with Gasteiger partial charge in [-0.15, -0.1) is 0 Å². The summed E-state index contributed by atoms with van der Waals surface area (Å²) in [6.45, 7) is -0.924. The summed E-state index contributed by atoms with van der Waals surface area (Å²) < 4.78 is 71.5. The second kappa shape index (κ2) is 9.97. The van der Waals surface area contributed by atoms with E-state index in [0.717, 1.165) is 20.6 Å². The summed E-state index contributed by atoms with van der Waals surface area (Å²) in [7, 11) is -0.630. The fraction of sp³-hybridized carbons (Fsp3) is 0.286. The van der Waals surface area contributed by atoms with Crippen molar-refractivity contribution in [3.63, 3.8) is 0 Å². The lowest BCUT2D eigenvalue weighted by Gasteiger charge is -2.14. The van der Waals surface area contributed by atoms with Crippen LogP contribution in [0, 0.1) is 0 Å². The van der Waals surface area contributed by atoms with Gasteiger partial charge in [-0.3, -0.25) is 0 Å². The molecule has 3 aromatic rings. The van der Waals surface area contributed by atoms with Crippen LogP contribution in [0.5, 0.6) is 5.75 Å². The van der Waals surface area contributed by atoms with Gasteiger partial charge in [-0.2, -0.15) is 13.2 Å². The highest BCUT2D eigenvalue weighted by atomic mass is 32.2. The van der Waals surface area contributed by atoms with Crippen molar-refractivity contribution in [2.75, 3.05) is 26.5 Å². The fourth-order valence-electron chi connectivity index (χ4n) is 2.86. The van der Waals surface area contributed by atoms with E-state index in [1.165, 1.54) is 32.4 Å². The number of hydrogen-bond donors (Lipinski definition) is 0. The number of thioether (sulfide) groups is 1. The Morgan fingerprint density at radius 3 is 2.31 bits per heavy atom. The first kappa shape index (κ1) is 24.1. The van der Waals surface area contributed by atoms with Crippen LogP contribution in [0.3, 0.4) is 0 Å². The molecule has 0 fully saturated rings. The summed E-state index contributed by atoms with van der Waals surface area (Å²) in [6.07, 6.45) is -2.95. The second-order valence-electron chi connectivity index (χ2n) is 6.95. The van der Waals surface area contributed by atoms with Crippen LogP contribution in [0.25, 0.3) is 11.3 Å². The molecular weight excluding hydrogens is 463 g/mol. The van der Waals surface area contributed by atoms with Crippen molar-refractivity contribution >= 4 is 21.8 Å². The first-order valence-electron chi connectivity index (χ1n) is 9.54. The quantitative estimate of drug-likeness (QED) is 0.329. The Kier molecular flexibility index (Phi) is 7.52. The van der Waals surface area contributed by atoms with Gasteiger partial charge in [0, 0.05) is 19.8 Å². The number of nitrogens with zero attached hydrogens (tertiary/aromatic N) is 3. The molecule has 172 valence electrons. The van der Waals surface area contributed by atoms with Crippen LogP contribution < -0.4 is 4.74 Å². The molecule has 0 saturated heterocycles. The van der Waals surface area contributed by atoms with Gasteiger partial charge in [0.1, 0.15) is 12.3 Å². The largest absolute Gasteiger partial charge is 0.493 e. The summed E-state index contributed by atoms with van der Waals surface area (Å²) in [6, 6.07) is 14.8. The van der Waals surface area contributed by atoms with E-state index in [0.29, 0.717) is 22.8 Å². The standard InChI is InChI=1S/C21H22F3N3O3S2/c1-26(2)32(28,29)18-10-8-17(9-11-18)30-12-13-31-20-25-14-19(16-6-4-3-5-7-16)27(20)15-21(22,23)24/h3-11,14H,12-13,15H2,1-2H3. The molecule has 0 amide bonds. The minimum absolute atomic E-state index is 0.145. The molecule has 0 unspecified atom stereocenters. The maximum atomic E-state index is 13.1. The van der Waals surface area contributed by atoms with Gasteiger partial charge >= 0.3 is 6.18 Å². The van der Waals surface area contributed by atoms with Crippen LogP contribution in [-0.2, 0) is 16.6 Å². The van der Waals surface area contributed by atoms with Gasteiger partial charge in [0.25, 0.3) is 0 Å². The highest BCUT2D eigenvalue weighted by Gasteiger charge is 2.30. The molecule has 6 nitrogen and oxygen atoms in total. The highest BCUT2D eigenvalue weighted by molar-refractivity contribution is 7.99. The van der Waals surface area contributed by atoms with Crippen molar-refractivity contribution in [2.45, 2.75) is 22.8 Å². The Morgan fingerprint density at radius 2 is 1.72 bits per heavy atom. The Hall–Kier alpha value is -2.50. The van der Waals surface area contributed by atoms with E-state index in [1.54, 1.807) is 42.5 Å². The number of halogens is 3. The first-order chi connectivity index (χ1) is 15.1. The third-order valence-corrected chi connectivity index (χ3v) is 7.20. The summed E-state index contributed by atoms with van der Waals surface area (Å²) in [5.74, 6) is 0.827. The van der Waals surface area contributed by atoms with E-state index in [9.17, 15) is 21.6 Å². The number of aromatic nitrogens is 2. The molecule has 11 heteroatoms. The van der Waals surface area contributed by atoms with E-state index >= 15 is 0 Å². The molecule has 0 aliphatic carbocycles. The minimum Gasteiger partial charge on any atom is -0.493 e. The predicted molar refractivity (Wildman–Crippen MR) is 117 cm³/mol. The Bertz CT molecular complexity index is 1130. The molecule has 2 aromatic carbocycles. The van der Waals surface area contributed by atoms with Gasteiger partial charge in [-0.05, 0) is 29.8 Å². The van der Waals surface area contributed by atoms with Crippen molar-refractivity contribution in [3.05, 3.63) is 60.8 Å². The smallest absolute Gasteiger partial charge is 0.406 e. The second-order valence-corrected chi connectivity index (χ2v) is 10.2. The molecule has 0 atom stereocenters. The van der Waals surface area contributed by atoms with Crippen LogP contribution in [0.15, 0.2) is 70.8 Å². The Labute approximate surface area is 189 Å². The number of ether oxygens (including phenoxy) is 1. The average molecular weight is 486 g/mol. The summed E-state index contributed by atoms with van der Waals surface area (Å²) >= 11 is 1.16. The van der Waals surface area contributed by atoms with Crippen molar-refractivity contribution in [3.8, 4) is 17.0 Å². The molecule has 0 spiro atoms. The molecule has 0 saturated carbocycles. The average Bonchev–Trinajstić information content (AvgIpc) is 3.12. The Balaban J connectivity index is 1.64. The third kappa shape index (κ3) is 6.05. The molecule has 1 heterocycles.